The van der Waals surface area contributed by atoms with Crippen LogP contribution in [-0.4, -0.2) is 63.0 Å². The predicted octanol–water partition coefficient (Wildman–Crippen LogP) is 1.37. The van der Waals surface area contributed by atoms with Crippen LogP contribution >= 0.6 is 0 Å². The summed E-state index contributed by atoms with van der Waals surface area (Å²) < 4.78 is 12.5. The van der Waals surface area contributed by atoms with Crippen molar-refractivity contribution in [3.8, 4) is 17.1 Å². The fraction of sp³-hybridized carbons (Fsp3) is 0.333. The van der Waals surface area contributed by atoms with Crippen molar-refractivity contribution in [1.29, 1.82) is 0 Å². The molecule has 0 saturated carbocycles. The maximum Gasteiger partial charge on any atom is 0.255 e. The number of carbonyl (C=O) groups is 1. The predicted molar refractivity (Wildman–Crippen MR) is 115 cm³/mol. The number of nitrogens with zero attached hydrogens (tertiary/aromatic N) is 4. The van der Waals surface area contributed by atoms with Crippen molar-refractivity contribution in [2.45, 2.75) is 18.5 Å². The number of hydrogen-bond donors (Lipinski definition) is 3. The number of aromatic amines is 1. The molecule has 1 aliphatic heterocycles. The molecule has 10 heteroatoms. The van der Waals surface area contributed by atoms with Gasteiger partial charge in [-0.05, 0) is 24.6 Å². The second kappa shape index (κ2) is 7.64. The number of benzene rings is 1. The van der Waals surface area contributed by atoms with Crippen LogP contribution < -0.4 is 15.8 Å². The number of methoxy groups -OCH3 is 1. The van der Waals surface area contributed by atoms with Crippen LogP contribution in [0.2, 0.25) is 0 Å². The third kappa shape index (κ3) is 3.39. The van der Waals surface area contributed by atoms with Crippen molar-refractivity contribution in [1.82, 2.24) is 30.0 Å². The maximum absolute atomic E-state index is 12.9. The summed E-state index contributed by atoms with van der Waals surface area (Å²) in [6.07, 6.45) is 3.94. The lowest BCUT2D eigenvalue weighted by Gasteiger charge is -2.29. The van der Waals surface area contributed by atoms with E-state index in [0.717, 1.165) is 16.7 Å². The number of rotatable bonds is 4. The summed E-state index contributed by atoms with van der Waals surface area (Å²) in [5.41, 5.74) is 9.69. The van der Waals surface area contributed by atoms with Gasteiger partial charge in [0.2, 0.25) is 0 Å². The van der Waals surface area contributed by atoms with Crippen molar-refractivity contribution in [2.75, 3.05) is 20.3 Å². The molecule has 5 rings (SSSR count). The SMILES string of the molecule is COc1ccc2c(c1)c(-c1cnc3[nH]cc(C(=O)N[C@@H]4CCOC[C@@H]4N)c3n1)nn2C. The van der Waals surface area contributed by atoms with Gasteiger partial charge in [0.25, 0.3) is 5.91 Å². The van der Waals surface area contributed by atoms with Crippen molar-refractivity contribution < 1.29 is 14.3 Å². The van der Waals surface area contributed by atoms with Crippen LogP contribution in [0.4, 0.5) is 0 Å². The number of hydrogen-bond acceptors (Lipinski definition) is 7. The Labute approximate surface area is 177 Å². The second-order valence-electron chi connectivity index (χ2n) is 7.62. The number of amides is 1. The maximum atomic E-state index is 12.9. The van der Waals surface area contributed by atoms with Gasteiger partial charge in [0.15, 0.2) is 5.65 Å². The molecule has 0 aliphatic carbocycles. The Morgan fingerprint density at radius 2 is 2.29 bits per heavy atom. The van der Waals surface area contributed by atoms with E-state index in [-0.39, 0.29) is 18.0 Å². The van der Waals surface area contributed by atoms with Crippen molar-refractivity contribution in [2.24, 2.45) is 12.8 Å². The van der Waals surface area contributed by atoms with Gasteiger partial charge >= 0.3 is 0 Å². The average Bonchev–Trinajstić information content (AvgIpc) is 3.35. The number of aromatic nitrogens is 5. The highest BCUT2D eigenvalue weighted by Crippen LogP contribution is 2.30. The van der Waals surface area contributed by atoms with Gasteiger partial charge in [0.1, 0.15) is 22.7 Å². The molecule has 31 heavy (non-hydrogen) atoms. The van der Waals surface area contributed by atoms with Crippen molar-refractivity contribution in [3.63, 3.8) is 0 Å². The number of carbonyl (C=O) groups excluding carboxylic acids is 1. The summed E-state index contributed by atoms with van der Waals surface area (Å²) in [4.78, 5) is 25.2. The van der Waals surface area contributed by atoms with Gasteiger partial charge in [-0.1, -0.05) is 0 Å². The summed E-state index contributed by atoms with van der Waals surface area (Å²) in [5, 5.41) is 8.52. The number of aryl methyl sites for hydroxylation is 1. The summed E-state index contributed by atoms with van der Waals surface area (Å²) >= 11 is 0. The largest absolute Gasteiger partial charge is 0.497 e. The van der Waals surface area contributed by atoms with Crippen LogP contribution in [0.25, 0.3) is 33.5 Å². The summed E-state index contributed by atoms with van der Waals surface area (Å²) in [7, 11) is 3.49. The minimum atomic E-state index is -0.243. The molecule has 160 valence electrons. The first-order valence-electron chi connectivity index (χ1n) is 10.0. The van der Waals surface area contributed by atoms with Crippen LogP contribution in [0.15, 0.2) is 30.6 Å². The second-order valence-corrected chi connectivity index (χ2v) is 7.62. The summed E-state index contributed by atoms with van der Waals surface area (Å²) in [6, 6.07) is 5.37. The lowest BCUT2D eigenvalue weighted by Crippen LogP contribution is -2.53. The Morgan fingerprint density at radius 3 is 3.10 bits per heavy atom. The highest BCUT2D eigenvalue weighted by molar-refractivity contribution is 6.05. The molecule has 0 bridgehead atoms. The zero-order valence-corrected chi connectivity index (χ0v) is 17.3. The van der Waals surface area contributed by atoms with E-state index in [0.29, 0.717) is 47.7 Å². The molecule has 0 spiro atoms. The molecule has 1 fully saturated rings. The third-order valence-electron chi connectivity index (χ3n) is 5.64. The first-order chi connectivity index (χ1) is 15.0. The summed E-state index contributed by atoms with van der Waals surface area (Å²) in [6.45, 7) is 1.01. The van der Waals surface area contributed by atoms with E-state index in [1.807, 2.05) is 25.2 Å². The normalized spacial score (nSPS) is 19.1. The monoisotopic (exact) mass is 421 g/mol. The molecular weight excluding hydrogens is 398 g/mol. The first-order valence-corrected chi connectivity index (χ1v) is 10.0. The molecule has 1 amide bonds. The number of fused-ring (bicyclic) bond motifs is 2. The molecule has 4 heterocycles. The number of nitrogens with one attached hydrogen (secondary N) is 2. The van der Waals surface area contributed by atoms with E-state index < -0.39 is 0 Å². The molecule has 4 N–H and O–H groups in total. The zero-order valence-electron chi connectivity index (χ0n) is 17.3. The number of nitrogens with two attached hydrogens (primary N) is 1. The van der Waals surface area contributed by atoms with E-state index in [1.54, 1.807) is 24.2 Å². The van der Waals surface area contributed by atoms with E-state index in [4.69, 9.17) is 20.2 Å². The van der Waals surface area contributed by atoms with Gasteiger partial charge in [-0.2, -0.15) is 5.10 Å². The van der Waals surface area contributed by atoms with Gasteiger partial charge in [-0.3, -0.25) is 9.48 Å². The molecule has 4 aromatic rings. The Kier molecular flexibility index (Phi) is 4.79. The van der Waals surface area contributed by atoms with Gasteiger partial charge < -0.3 is 25.5 Å². The van der Waals surface area contributed by atoms with Crippen LogP contribution in [0.3, 0.4) is 0 Å². The Morgan fingerprint density at radius 1 is 1.42 bits per heavy atom. The summed E-state index contributed by atoms with van der Waals surface area (Å²) in [5.74, 6) is 0.484. The Balaban J connectivity index is 1.54. The zero-order chi connectivity index (χ0) is 21.5. The van der Waals surface area contributed by atoms with Crippen LogP contribution in [0.5, 0.6) is 5.75 Å². The van der Waals surface area contributed by atoms with E-state index >= 15 is 0 Å². The van der Waals surface area contributed by atoms with Gasteiger partial charge in [-0.25, -0.2) is 9.97 Å². The van der Waals surface area contributed by atoms with Crippen LogP contribution in [0, 0.1) is 0 Å². The van der Waals surface area contributed by atoms with E-state index in [2.05, 4.69) is 20.4 Å². The minimum absolute atomic E-state index is 0.144. The standard InChI is InChI=1S/C21H23N7O3/c1-28-17-4-3-11(30-2)7-12(17)18(27-28)16-9-24-20-19(25-16)13(8-23-20)21(29)26-15-5-6-31-10-14(15)22/h3-4,7-9,14-15H,5-6,10,22H2,1-2H3,(H,23,24)(H,26,29)/t14-,15+/m0/s1. The van der Waals surface area contributed by atoms with Crippen LogP contribution in [0.1, 0.15) is 16.8 Å². The van der Waals surface area contributed by atoms with E-state index in [9.17, 15) is 4.79 Å². The molecule has 10 nitrogen and oxygen atoms in total. The van der Waals surface area contributed by atoms with Crippen LogP contribution in [-0.2, 0) is 11.8 Å². The van der Waals surface area contributed by atoms with Gasteiger partial charge in [0.05, 0.1) is 31.0 Å². The molecule has 0 radical (unpaired) electrons. The lowest BCUT2D eigenvalue weighted by atomic mass is 10.0. The number of H-pyrrole nitrogens is 1. The molecule has 2 atom stereocenters. The Bertz CT molecular complexity index is 1280. The molecule has 1 saturated heterocycles. The van der Waals surface area contributed by atoms with Crippen molar-refractivity contribution in [3.05, 3.63) is 36.2 Å². The number of ether oxygens (including phenoxy) is 2. The fourth-order valence-corrected chi connectivity index (χ4v) is 3.92. The third-order valence-corrected chi connectivity index (χ3v) is 5.64. The molecule has 1 aromatic carbocycles. The molecular formula is C21H23N7O3. The highest BCUT2D eigenvalue weighted by Gasteiger charge is 2.26. The van der Waals surface area contributed by atoms with E-state index in [1.165, 1.54) is 0 Å². The lowest BCUT2D eigenvalue weighted by molar-refractivity contribution is 0.0573. The van der Waals surface area contributed by atoms with Crippen molar-refractivity contribution >= 4 is 28.0 Å². The molecule has 0 unspecified atom stereocenters. The highest BCUT2D eigenvalue weighted by atomic mass is 16.5. The smallest absolute Gasteiger partial charge is 0.255 e. The minimum Gasteiger partial charge on any atom is -0.497 e. The molecule has 3 aromatic heterocycles. The Hall–Kier alpha value is -3.50. The quantitative estimate of drug-likeness (QED) is 0.453. The topological polar surface area (TPSA) is 133 Å². The fourth-order valence-electron chi connectivity index (χ4n) is 3.92. The molecule has 1 aliphatic rings. The first kappa shape index (κ1) is 19.5. The van der Waals surface area contributed by atoms with Gasteiger partial charge in [-0.15, -0.1) is 0 Å². The van der Waals surface area contributed by atoms with Gasteiger partial charge in [0, 0.05) is 37.3 Å². The average molecular weight is 421 g/mol.